The van der Waals surface area contributed by atoms with Gasteiger partial charge in [-0.15, -0.1) is 0 Å². The van der Waals surface area contributed by atoms with Crippen molar-refractivity contribution in [3.63, 3.8) is 0 Å². The highest BCUT2D eigenvalue weighted by molar-refractivity contribution is 6.33. The summed E-state index contributed by atoms with van der Waals surface area (Å²) in [5.41, 5.74) is 3.04. The molecule has 0 radical (unpaired) electrons. The lowest BCUT2D eigenvalue weighted by Gasteiger charge is -2.22. The normalized spacial score (nSPS) is 12.5. The van der Waals surface area contributed by atoms with Crippen molar-refractivity contribution in [1.29, 1.82) is 0 Å². The van der Waals surface area contributed by atoms with Crippen molar-refractivity contribution in [1.82, 2.24) is 9.80 Å². The second-order valence-electron chi connectivity index (χ2n) is 9.11. The lowest BCUT2D eigenvalue weighted by molar-refractivity contribution is 0.407. The first kappa shape index (κ1) is 19.3. The van der Waals surface area contributed by atoms with Gasteiger partial charge in [0.25, 0.3) is 0 Å². The molecule has 0 N–H and O–H groups in total. The first-order valence-corrected chi connectivity index (χ1v) is 10.9. The maximum absolute atomic E-state index is 2.46. The van der Waals surface area contributed by atoms with Crippen LogP contribution in [-0.2, 0) is 12.8 Å². The average molecular weight is 395 g/mol. The Labute approximate surface area is 179 Å². The van der Waals surface area contributed by atoms with Gasteiger partial charge in [0.1, 0.15) is 0 Å². The minimum atomic E-state index is 1.06. The van der Waals surface area contributed by atoms with Crippen molar-refractivity contribution in [2.75, 3.05) is 41.3 Å². The maximum Gasteiger partial charge on any atom is 0.00160 e. The Balaban J connectivity index is 1.94. The third kappa shape index (κ3) is 3.12. The topological polar surface area (TPSA) is 6.48 Å². The van der Waals surface area contributed by atoms with E-state index < -0.39 is 0 Å². The molecule has 0 atom stereocenters. The van der Waals surface area contributed by atoms with Crippen LogP contribution in [0.1, 0.15) is 11.1 Å². The molecule has 0 unspecified atom stereocenters. The lowest BCUT2D eigenvalue weighted by Crippen LogP contribution is -2.18. The van der Waals surface area contributed by atoms with Gasteiger partial charge in [-0.25, -0.2) is 0 Å². The van der Waals surface area contributed by atoms with E-state index in [4.69, 9.17) is 0 Å². The zero-order valence-electron chi connectivity index (χ0n) is 18.5. The van der Waals surface area contributed by atoms with Gasteiger partial charge in [-0.3, -0.25) is 0 Å². The molecule has 0 aliphatic heterocycles. The van der Waals surface area contributed by atoms with Crippen LogP contribution in [0.3, 0.4) is 0 Å². The van der Waals surface area contributed by atoms with Gasteiger partial charge in [-0.05, 0) is 95.2 Å². The Kier molecular flexibility index (Phi) is 4.85. The van der Waals surface area contributed by atoms with Crippen LogP contribution in [0.15, 0.2) is 60.7 Å². The molecule has 5 rings (SSSR count). The predicted molar refractivity (Wildman–Crippen MR) is 132 cm³/mol. The van der Waals surface area contributed by atoms with E-state index in [1.807, 2.05) is 0 Å². The summed E-state index contributed by atoms with van der Waals surface area (Å²) in [6.07, 6.45) is 2.16. The third-order valence-corrected chi connectivity index (χ3v) is 6.47. The minimum absolute atomic E-state index is 1.06. The maximum atomic E-state index is 2.46. The van der Waals surface area contributed by atoms with E-state index in [9.17, 15) is 0 Å². The van der Waals surface area contributed by atoms with Crippen LogP contribution in [0.5, 0.6) is 0 Å². The summed E-state index contributed by atoms with van der Waals surface area (Å²) in [4.78, 5) is 4.59. The van der Waals surface area contributed by atoms with Crippen molar-refractivity contribution in [3.8, 4) is 0 Å². The van der Waals surface area contributed by atoms with Crippen LogP contribution < -0.4 is 0 Å². The van der Waals surface area contributed by atoms with Crippen molar-refractivity contribution in [3.05, 3.63) is 71.8 Å². The highest BCUT2D eigenvalue weighted by Crippen LogP contribution is 2.42. The van der Waals surface area contributed by atoms with E-state index in [-0.39, 0.29) is 0 Å². The summed E-state index contributed by atoms with van der Waals surface area (Å²) in [5.74, 6) is 0. The smallest absolute Gasteiger partial charge is 0.00160 e. The molecule has 0 bridgehead atoms. The molecule has 0 saturated carbocycles. The first-order valence-electron chi connectivity index (χ1n) is 10.9. The molecule has 5 aromatic carbocycles. The Bertz CT molecular complexity index is 1340. The van der Waals surface area contributed by atoms with E-state index >= 15 is 0 Å². The van der Waals surface area contributed by atoms with Crippen molar-refractivity contribution in [2.24, 2.45) is 0 Å². The van der Waals surface area contributed by atoms with Crippen LogP contribution >= 0.6 is 0 Å². The minimum Gasteiger partial charge on any atom is -0.309 e. The van der Waals surface area contributed by atoms with Gasteiger partial charge < -0.3 is 9.80 Å². The van der Waals surface area contributed by atoms with Crippen LogP contribution in [0.2, 0.25) is 0 Å². The molecular formula is C28H30N2. The molecule has 0 aromatic heterocycles. The van der Waals surface area contributed by atoms with Gasteiger partial charge >= 0.3 is 0 Å². The van der Waals surface area contributed by atoms with E-state index in [2.05, 4.69) is 98.7 Å². The summed E-state index contributed by atoms with van der Waals surface area (Å²) in [7, 11) is 8.68. The fraction of sp³-hybridized carbons (Fsp3) is 0.286. The molecular weight excluding hydrogens is 364 g/mol. The molecule has 30 heavy (non-hydrogen) atoms. The van der Waals surface area contributed by atoms with E-state index in [1.165, 1.54) is 54.2 Å². The summed E-state index contributed by atoms with van der Waals surface area (Å²) < 4.78 is 0. The zero-order chi connectivity index (χ0) is 20.8. The first-order chi connectivity index (χ1) is 14.5. The number of likely N-dealkylation sites (N-methyl/N-ethyl adjacent to an activating group) is 2. The SMILES string of the molecule is CN(C)CCc1cc2cccc3c4cccc5cccc(c(c1CCN(C)C)c23)c54. The summed E-state index contributed by atoms with van der Waals surface area (Å²) in [5, 5.41) is 11.2. The molecule has 0 aliphatic carbocycles. The highest BCUT2D eigenvalue weighted by Gasteiger charge is 2.18. The van der Waals surface area contributed by atoms with Gasteiger partial charge in [0.05, 0.1) is 0 Å². The number of hydrogen-bond acceptors (Lipinski definition) is 2. The lowest BCUT2D eigenvalue weighted by atomic mass is 9.84. The molecule has 2 nitrogen and oxygen atoms in total. The molecule has 0 amide bonds. The van der Waals surface area contributed by atoms with Gasteiger partial charge in [0.2, 0.25) is 0 Å². The van der Waals surface area contributed by atoms with Gasteiger partial charge in [-0.1, -0.05) is 60.7 Å². The molecule has 5 aromatic rings. The number of benzene rings is 5. The molecule has 2 heteroatoms. The van der Waals surface area contributed by atoms with E-state index in [0.29, 0.717) is 0 Å². The van der Waals surface area contributed by atoms with Gasteiger partial charge in [0.15, 0.2) is 0 Å². The van der Waals surface area contributed by atoms with Gasteiger partial charge in [-0.2, -0.15) is 0 Å². The van der Waals surface area contributed by atoms with Crippen LogP contribution in [0.4, 0.5) is 0 Å². The number of fused-ring (bicyclic) bond motifs is 2. The Morgan fingerprint density at radius 3 is 1.80 bits per heavy atom. The van der Waals surface area contributed by atoms with Crippen molar-refractivity contribution < 1.29 is 0 Å². The third-order valence-electron chi connectivity index (χ3n) is 6.47. The van der Waals surface area contributed by atoms with Crippen LogP contribution in [0, 0.1) is 0 Å². The molecule has 152 valence electrons. The fourth-order valence-corrected chi connectivity index (χ4v) is 5.04. The fourth-order valence-electron chi connectivity index (χ4n) is 5.04. The second-order valence-corrected chi connectivity index (χ2v) is 9.11. The van der Waals surface area contributed by atoms with E-state index in [0.717, 1.165) is 25.9 Å². The zero-order valence-corrected chi connectivity index (χ0v) is 18.5. The number of hydrogen-bond donors (Lipinski definition) is 0. The summed E-state index contributed by atoms with van der Waals surface area (Å²) >= 11 is 0. The van der Waals surface area contributed by atoms with Crippen LogP contribution in [-0.4, -0.2) is 51.1 Å². The Hall–Kier alpha value is -2.68. The number of rotatable bonds is 6. The van der Waals surface area contributed by atoms with Gasteiger partial charge in [0, 0.05) is 13.1 Å². The monoisotopic (exact) mass is 394 g/mol. The number of nitrogens with zero attached hydrogens (tertiary/aromatic N) is 2. The standard InChI is InChI=1S/C28H30N2/c1-29(2)16-14-20-18-21-10-7-12-24-23-11-5-8-19-9-6-13-25(26(19)23)28(27(21)24)22(20)15-17-30(3)4/h5-13,18H,14-17H2,1-4H3. The van der Waals surface area contributed by atoms with Crippen molar-refractivity contribution >= 4 is 43.1 Å². The molecule has 0 spiro atoms. The highest BCUT2D eigenvalue weighted by atomic mass is 15.1. The Morgan fingerprint density at radius 1 is 0.567 bits per heavy atom. The molecule has 0 heterocycles. The quantitative estimate of drug-likeness (QED) is 0.259. The van der Waals surface area contributed by atoms with Crippen LogP contribution in [0.25, 0.3) is 43.1 Å². The predicted octanol–water partition coefficient (Wildman–Crippen LogP) is 5.95. The largest absolute Gasteiger partial charge is 0.309 e. The average Bonchev–Trinajstić information content (AvgIpc) is 2.74. The molecule has 0 aliphatic rings. The summed E-state index contributed by atoms with van der Waals surface area (Å²) in [6, 6.07) is 22.9. The molecule has 0 fully saturated rings. The Morgan fingerprint density at radius 2 is 1.13 bits per heavy atom. The summed E-state index contributed by atoms with van der Waals surface area (Å²) in [6.45, 7) is 2.13. The van der Waals surface area contributed by atoms with Crippen molar-refractivity contribution in [2.45, 2.75) is 12.8 Å². The second kappa shape index (κ2) is 7.54. The van der Waals surface area contributed by atoms with E-state index in [1.54, 1.807) is 0 Å². The molecule has 0 saturated heterocycles.